The molecule has 0 unspecified atom stereocenters. The van der Waals surface area contributed by atoms with Gasteiger partial charge in [0.25, 0.3) is 5.91 Å². The van der Waals surface area contributed by atoms with Gasteiger partial charge in [0.15, 0.2) is 5.17 Å². The number of carbonyl (C=O) groups excluding carboxylic acids is 1. The topological polar surface area (TPSA) is 50.7 Å². The molecule has 2 aliphatic heterocycles. The molecule has 1 amide bonds. The van der Waals surface area contributed by atoms with E-state index in [9.17, 15) is 4.79 Å². The maximum absolute atomic E-state index is 12.2. The Balaban J connectivity index is 1.50. The fourth-order valence-electron chi connectivity index (χ4n) is 3.31. The molecule has 1 aromatic carbocycles. The lowest BCUT2D eigenvalue weighted by atomic mass is 9.96. The molecule has 5 heteroatoms. The van der Waals surface area contributed by atoms with E-state index in [0.717, 1.165) is 47.3 Å². The number of hydrogen-bond donors (Lipinski definition) is 1. The third kappa shape index (κ3) is 3.29. The quantitative estimate of drug-likeness (QED) is 0.845. The smallest absolute Gasteiger partial charge is 0.264 e. The van der Waals surface area contributed by atoms with Crippen LogP contribution in [0.1, 0.15) is 43.2 Å². The molecule has 0 bridgehead atoms. The first-order valence-electron chi connectivity index (χ1n) is 8.32. The van der Waals surface area contributed by atoms with Crippen molar-refractivity contribution >= 4 is 28.9 Å². The SMILES string of the molecule is O=C1NC(=NC2CCCCC2)S/C1=C/c1ccc2c(c1)CCO2. The lowest BCUT2D eigenvalue weighted by Crippen LogP contribution is -2.22. The van der Waals surface area contributed by atoms with Gasteiger partial charge in [-0.3, -0.25) is 9.79 Å². The molecule has 1 saturated carbocycles. The molecule has 0 spiro atoms. The molecular weight excluding hydrogens is 308 g/mol. The monoisotopic (exact) mass is 328 g/mol. The number of fused-ring (bicyclic) bond motifs is 1. The van der Waals surface area contributed by atoms with Crippen LogP contribution in [0.25, 0.3) is 6.08 Å². The molecular formula is C18H20N2O2S. The standard InChI is InChI=1S/C18H20N2O2S/c21-17-16(11-12-6-7-15-13(10-12)8-9-22-15)23-18(20-17)19-14-4-2-1-3-5-14/h6-7,10-11,14H,1-5,8-9H2,(H,19,20,21)/b16-11+. The minimum atomic E-state index is -0.0405. The van der Waals surface area contributed by atoms with E-state index in [1.54, 1.807) is 0 Å². The summed E-state index contributed by atoms with van der Waals surface area (Å²) in [4.78, 5) is 17.6. The van der Waals surface area contributed by atoms with Crippen LogP contribution < -0.4 is 10.1 Å². The van der Waals surface area contributed by atoms with E-state index >= 15 is 0 Å². The molecule has 2 heterocycles. The third-order valence-corrected chi connectivity index (χ3v) is 5.46. The summed E-state index contributed by atoms with van der Waals surface area (Å²) in [6.07, 6.45) is 8.99. The normalized spacial score (nSPS) is 24.8. The molecule has 1 aliphatic carbocycles. The zero-order chi connectivity index (χ0) is 15.6. The second-order valence-corrected chi connectivity index (χ2v) is 7.29. The number of rotatable bonds is 2. The summed E-state index contributed by atoms with van der Waals surface area (Å²) in [5.74, 6) is 0.927. The van der Waals surface area contributed by atoms with Crippen molar-refractivity contribution < 1.29 is 9.53 Å². The number of amides is 1. The molecule has 1 aromatic rings. The first kappa shape index (κ1) is 14.8. The number of thioether (sulfide) groups is 1. The van der Waals surface area contributed by atoms with Crippen LogP contribution in [0.4, 0.5) is 0 Å². The lowest BCUT2D eigenvalue weighted by Gasteiger charge is -2.17. The highest BCUT2D eigenvalue weighted by Gasteiger charge is 2.25. The second kappa shape index (κ2) is 6.40. The van der Waals surface area contributed by atoms with Crippen molar-refractivity contribution in [3.8, 4) is 5.75 Å². The molecule has 4 rings (SSSR count). The van der Waals surface area contributed by atoms with E-state index in [1.807, 2.05) is 18.2 Å². The predicted octanol–water partition coefficient (Wildman–Crippen LogP) is 3.51. The van der Waals surface area contributed by atoms with E-state index in [4.69, 9.17) is 9.73 Å². The molecule has 23 heavy (non-hydrogen) atoms. The van der Waals surface area contributed by atoms with Gasteiger partial charge in [0, 0.05) is 6.42 Å². The highest BCUT2D eigenvalue weighted by molar-refractivity contribution is 8.18. The van der Waals surface area contributed by atoms with E-state index in [1.165, 1.54) is 36.6 Å². The lowest BCUT2D eigenvalue weighted by molar-refractivity contribution is -0.115. The average molecular weight is 328 g/mol. The van der Waals surface area contributed by atoms with Crippen LogP contribution in [-0.2, 0) is 11.2 Å². The molecule has 1 N–H and O–H groups in total. The van der Waals surface area contributed by atoms with Crippen LogP contribution >= 0.6 is 11.8 Å². The van der Waals surface area contributed by atoms with Crippen LogP contribution in [-0.4, -0.2) is 23.7 Å². The van der Waals surface area contributed by atoms with Gasteiger partial charge in [0.2, 0.25) is 0 Å². The second-order valence-electron chi connectivity index (χ2n) is 6.26. The summed E-state index contributed by atoms with van der Waals surface area (Å²) in [5, 5.41) is 3.67. The Labute approximate surface area is 140 Å². The van der Waals surface area contributed by atoms with Gasteiger partial charge >= 0.3 is 0 Å². The van der Waals surface area contributed by atoms with E-state index in [0.29, 0.717) is 6.04 Å². The van der Waals surface area contributed by atoms with Crippen molar-refractivity contribution in [2.75, 3.05) is 6.61 Å². The molecule has 4 nitrogen and oxygen atoms in total. The van der Waals surface area contributed by atoms with Gasteiger partial charge in [-0.15, -0.1) is 0 Å². The number of nitrogens with zero attached hydrogens (tertiary/aromatic N) is 1. The van der Waals surface area contributed by atoms with Gasteiger partial charge in [0.1, 0.15) is 5.75 Å². The maximum atomic E-state index is 12.2. The first-order chi connectivity index (χ1) is 11.3. The fourth-order valence-corrected chi connectivity index (χ4v) is 4.20. The number of aliphatic imine (C=N–C) groups is 1. The van der Waals surface area contributed by atoms with Crippen molar-refractivity contribution in [2.45, 2.75) is 44.6 Å². The summed E-state index contributed by atoms with van der Waals surface area (Å²) in [6.45, 7) is 0.753. The first-order valence-corrected chi connectivity index (χ1v) is 9.14. The van der Waals surface area contributed by atoms with Crippen LogP contribution in [0.15, 0.2) is 28.1 Å². The highest BCUT2D eigenvalue weighted by Crippen LogP contribution is 2.31. The van der Waals surface area contributed by atoms with Crippen molar-refractivity contribution in [2.24, 2.45) is 4.99 Å². The van der Waals surface area contributed by atoms with Crippen LogP contribution in [0.3, 0.4) is 0 Å². The summed E-state index contributed by atoms with van der Waals surface area (Å²) >= 11 is 1.46. The van der Waals surface area contributed by atoms with Gasteiger partial charge < -0.3 is 10.1 Å². The minimum Gasteiger partial charge on any atom is -0.493 e. The van der Waals surface area contributed by atoms with E-state index < -0.39 is 0 Å². The molecule has 120 valence electrons. The number of nitrogens with one attached hydrogen (secondary N) is 1. The molecule has 1 saturated heterocycles. The Kier molecular flexibility index (Phi) is 4.12. The van der Waals surface area contributed by atoms with Gasteiger partial charge in [-0.25, -0.2) is 0 Å². The van der Waals surface area contributed by atoms with E-state index in [-0.39, 0.29) is 5.91 Å². The summed E-state index contributed by atoms with van der Waals surface area (Å²) in [5.41, 5.74) is 2.27. The Morgan fingerprint density at radius 3 is 3.00 bits per heavy atom. The molecule has 0 atom stereocenters. The molecule has 2 fully saturated rings. The number of carbonyl (C=O) groups is 1. The van der Waals surface area contributed by atoms with Crippen molar-refractivity contribution in [1.29, 1.82) is 0 Å². The van der Waals surface area contributed by atoms with Gasteiger partial charge in [-0.2, -0.15) is 0 Å². The zero-order valence-electron chi connectivity index (χ0n) is 13.0. The molecule has 3 aliphatic rings. The number of benzene rings is 1. The average Bonchev–Trinajstić information content (AvgIpc) is 3.15. The Morgan fingerprint density at radius 2 is 2.13 bits per heavy atom. The number of ether oxygens (including phenoxy) is 1. The van der Waals surface area contributed by atoms with Crippen molar-refractivity contribution in [1.82, 2.24) is 5.32 Å². The van der Waals surface area contributed by atoms with Crippen LogP contribution in [0, 0.1) is 0 Å². The minimum absolute atomic E-state index is 0.0405. The fraction of sp³-hybridized carbons (Fsp3) is 0.444. The van der Waals surface area contributed by atoms with Gasteiger partial charge in [0.05, 0.1) is 17.6 Å². The third-order valence-electron chi connectivity index (χ3n) is 4.54. The number of amidine groups is 1. The van der Waals surface area contributed by atoms with Gasteiger partial charge in [-0.1, -0.05) is 25.3 Å². The summed E-state index contributed by atoms with van der Waals surface area (Å²) < 4.78 is 5.52. The van der Waals surface area contributed by atoms with Crippen molar-refractivity contribution in [3.05, 3.63) is 34.2 Å². The Hall–Kier alpha value is -1.75. The number of hydrogen-bond acceptors (Lipinski definition) is 4. The summed E-state index contributed by atoms with van der Waals surface area (Å²) in [7, 11) is 0. The Bertz CT molecular complexity index is 690. The maximum Gasteiger partial charge on any atom is 0.264 e. The largest absolute Gasteiger partial charge is 0.493 e. The Morgan fingerprint density at radius 1 is 1.26 bits per heavy atom. The molecule has 0 radical (unpaired) electrons. The predicted molar refractivity (Wildman–Crippen MR) is 93.7 cm³/mol. The van der Waals surface area contributed by atoms with Crippen molar-refractivity contribution in [3.63, 3.8) is 0 Å². The van der Waals surface area contributed by atoms with Crippen LogP contribution in [0.2, 0.25) is 0 Å². The van der Waals surface area contributed by atoms with Gasteiger partial charge in [-0.05, 0) is 53.9 Å². The van der Waals surface area contributed by atoms with Crippen LogP contribution in [0.5, 0.6) is 5.75 Å². The highest BCUT2D eigenvalue weighted by atomic mass is 32.2. The molecule has 0 aromatic heterocycles. The van der Waals surface area contributed by atoms with E-state index in [2.05, 4.69) is 11.4 Å². The zero-order valence-corrected chi connectivity index (χ0v) is 13.8. The summed E-state index contributed by atoms with van der Waals surface area (Å²) in [6, 6.07) is 6.48.